The van der Waals surface area contributed by atoms with Gasteiger partial charge in [-0.05, 0) is 47.7 Å². The van der Waals surface area contributed by atoms with E-state index in [-0.39, 0.29) is 11.4 Å². The Bertz CT molecular complexity index is 670. The van der Waals surface area contributed by atoms with Crippen molar-refractivity contribution in [3.8, 4) is 0 Å². The Hall–Kier alpha value is -2.49. The molecule has 0 aliphatic carbocycles. The molecule has 0 fully saturated rings. The summed E-state index contributed by atoms with van der Waals surface area (Å²) in [5.74, 6) is 0. The first-order valence-electron chi connectivity index (χ1n) is 7.30. The molecule has 2 aromatic carbocycles. The highest BCUT2D eigenvalue weighted by atomic mass is 16.2. The van der Waals surface area contributed by atoms with Gasteiger partial charge in [-0.3, -0.25) is 0 Å². The molecule has 116 valence electrons. The molecule has 22 heavy (non-hydrogen) atoms. The molecule has 2 rings (SSSR count). The minimum absolute atomic E-state index is 0.0941. The molecule has 2 aromatic rings. The summed E-state index contributed by atoms with van der Waals surface area (Å²) in [6.45, 7) is 8.42. The fraction of sp³-hybridized carbons (Fsp3) is 0.278. The van der Waals surface area contributed by atoms with E-state index in [0.29, 0.717) is 11.4 Å². The van der Waals surface area contributed by atoms with Gasteiger partial charge in [-0.15, -0.1) is 0 Å². The average molecular weight is 297 g/mol. The van der Waals surface area contributed by atoms with Crippen molar-refractivity contribution in [2.24, 2.45) is 0 Å². The standard InChI is InChI=1S/C18H23N3O/c1-12-5-10-15(19)16(11-12)21-17(22)20-14-8-6-13(7-9-14)18(2,3)4/h5-11H,19H2,1-4H3,(H2,20,21,22). The van der Waals surface area contributed by atoms with Crippen LogP contribution in [0.3, 0.4) is 0 Å². The van der Waals surface area contributed by atoms with Gasteiger partial charge in [-0.1, -0.05) is 39.0 Å². The third-order valence-electron chi connectivity index (χ3n) is 3.47. The van der Waals surface area contributed by atoms with Gasteiger partial charge in [0.15, 0.2) is 0 Å². The Morgan fingerprint density at radius 3 is 2.23 bits per heavy atom. The fourth-order valence-corrected chi connectivity index (χ4v) is 2.12. The second kappa shape index (κ2) is 6.10. The van der Waals surface area contributed by atoms with Crippen LogP contribution in [0.1, 0.15) is 31.9 Å². The van der Waals surface area contributed by atoms with E-state index in [9.17, 15) is 4.79 Å². The molecule has 0 atom stereocenters. The van der Waals surface area contributed by atoms with Crippen LogP contribution in [0.4, 0.5) is 21.9 Å². The second-order valence-corrected chi connectivity index (χ2v) is 6.50. The summed E-state index contributed by atoms with van der Waals surface area (Å²) in [6, 6.07) is 13.1. The smallest absolute Gasteiger partial charge is 0.323 e. The summed E-state index contributed by atoms with van der Waals surface area (Å²) < 4.78 is 0. The molecule has 2 amide bonds. The summed E-state index contributed by atoms with van der Waals surface area (Å²) in [5.41, 5.74) is 10.1. The van der Waals surface area contributed by atoms with E-state index in [1.807, 2.05) is 43.3 Å². The van der Waals surface area contributed by atoms with Crippen LogP contribution in [0.2, 0.25) is 0 Å². The van der Waals surface area contributed by atoms with Gasteiger partial charge in [0.2, 0.25) is 0 Å². The molecule has 4 N–H and O–H groups in total. The third kappa shape index (κ3) is 4.01. The first-order valence-corrected chi connectivity index (χ1v) is 7.30. The predicted molar refractivity (Wildman–Crippen MR) is 93.4 cm³/mol. The maximum atomic E-state index is 12.0. The lowest BCUT2D eigenvalue weighted by Gasteiger charge is -2.19. The van der Waals surface area contributed by atoms with Crippen LogP contribution in [0.15, 0.2) is 42.5 Å². The van der Waals surface area contributed by atoms with E-state index in [1.54, 1.807) is 6.07 Å². The predicted octanol–water partition coefficient (Wildman–Crippen LogP) is 4.52. The summed E-state index contributed by atoms with van der Waals surface area (Å²) >= 11 is 0. The number of aryl methyl sites for hydroxylation is 1. The van der Waals surface area contributed by atoms with Crippen LogP contribution in [0.5, 0.6) is 0 Å². The quantitative estimate of drug-likeness (QED) is 0.713. The van der Waals surface area contributed by atoms with Crippen LogP contribution >= 0.6 is 0 Å². The molecule has 0 radical (unpaired) electrons. The number of hydrogen-bond donors (Lipinski definition) is 3. The highest BCUT2D eigenvalue weighted by molar-refractivity contribution is 6.01. The number of nitrogen functional groups attached to an aromatic ring is 1. The van der Waals surface area contributed by atoms with Crippen LogP contribution in [0, 0.1) is 6.92 Å². The number of rotatable bonds is 2. The van der Waals surface area contributed by atoms with Crippen molar-refractivity contribution < 1.29 is 4.79 Å². The maximum Gasteiger partial charge on any atom is 0.323 e. The number of nitrogens with two attached hydrogens (primary N) is 1. The first-order chi connectivity index (χ1) is 10.3. The van der Waals surface area contributed by atoms with Crippen molar-refractivity contribution in [3.63, 3.8) is 0 Å². The molecule has 0 saturated heterocycles. The number of amides is 2. The normalized spacial score (nSPS) is 11.1. The number of nitrogens with one attached hydrogen (secondary N) is 2. The van der Waals surface area contributed by atoms with Gasteiger partial charge in [0, 0.05) is 5.69 Å². The van der Waals surface area contributed by atoms with E-state index < -0.39 is 0 Å². The van der Waals surface area contributed by atoms with Crippen molar-refractivity contribution in [1.29, 1.82) is 0 Å². The lowest BCUT2D eigenvalue weighted by molar-refractivity contribution is 0.262. The molecule has 0 aromatic heterocycles. The fourth-order valence-electron chi connectivity index (χ4n) is 2.12. The van der Waals surface area contributed by atoms with Crippen molar-refractivity contribution in [1.82, 2.24) is 0 Å². The minimum Gasteiger partial charge on any atom is -0.397 e. The number of carbonyl (C=O) groups is 1. The summed E-state index contributed by atoms with van der Waals surface area (Å²) in [6.07, 6.45) is 0. The topological polar surface area (TPSA) is 67.1 Å². The maximum absolute atomic E-state index is 12.0. The minimum atomic E-state index is -0.305. The lowest BCUT2D eigenvalue weighted by Crippen LogP contribution is -2.20. The van der Waals surface area contributed by atoms with Crippen LogP contribution < -0.4 is 16.4 Å². The molecule has 0 saturated carbocycles. The van der Waals surface area contributed by atoms with Gasteiger partial charge in [0.05, 0.1) is 11.4 Å². The third-order valence-corrected chi connectivity index (χ3v) is 3.47. The SMILES string of the molecule is Cc1ccc(N)c(NC(=O)Nc2ccc(C(C)(C)C)cc2)c1. The molecule has 4 heteroatoms. The van der Waals surface area contributed by atoms with Crippen molar-refractivity contribution in [3.05, 3.63) is 53.6 Å². The number of anilines is 3. The first kappa shape index (κ1) is 15.9. The van der Waals surface area contributed by atoms with Crippen molar-refractivity contribution in [2.75, 3.05) is 16.4 Å². The summed E-state index contributed by atoms with van der Waals surface area (Å²) in [4.78, 5) is 12.0. The highest BCUT2D eigenvalue weighted by Crippen LogP contribution is 2.24. The van der Waals surface area contributed by atoms with Gasteiger partial charge >= 0.3 is 6.03 Å². The van der Waals surface area contributed by atoms with E-state index in [1.165, 1.54) is 5.56 Å². The molecule has 0 unspecified atom stereocenters. The number of urea groups is 1. The van der Waals surface area contributed by atoms with Gasteiger partial charge in [0.1, 0.15) is 0 Å². The Kier molecular flexibility index (Phi) is 4.40. The van der Waals surface area contributed by atoms with Gasteiger partial charge < -0.3 is 16.4 Å². The zero-order valence-electron chi connectivity index (χ0n) is 13.5. The molecular weight excluding hydrogens is 274 g/mol. The molecule has 0 aliphatic rings. The molecular formula is C18H23N3O. The Balaban J connectivity index is 2.04. The second-order valence-electron chi connectivity index (χ2n) is 6.50. The zero-order chi connectivity index (χ0) is 16.3. The van der Waals surface area contributed by atoms with Crippen molar-refractivity contribution in [2.45, 2.75) is 33.1 Å². The number of benzene rings is 2. The largest absolute Gasteiger partial charge is 0.397 e. The Morgan fingerprint density at radius 1 is 1.00 bits per heavy atom. The molecule has 4 nitrogen and oxygen atoms in total. The molecule has 0 bridgehead atoms. The number of carbonyl (C=O) groups excluding carboxylic acids is 1. The summed E-state index contributed by atoms with van der Waals surface area (Å²) in [7, 11) is 0. The molecule has 0 aliphatic heterocycles. The van der Waals surface area contributed by atoms with E-state index in [2.05, 4.69) is 31.4 Å². The van der Waals surface area contributed by atoms with E-state index in [0.717, 1.165) is 11.3 Å². The Labute approximate surface area is 131 Å². The molecule has 0 spiro atoms. The monoisotopic (exact) mass is 297 g/mol. The van der Waals surface area contributed by atoms with Gasteiger partial charge in [-0.2, -0.15) is 0 Å². The van der Waals surface area contributed by atoms with E-state index >= 15 is 0 Å². The van der Waals surface area contributed by atoms with Crippen LogP contribution in [-0.4, -0.2) is 6.03 Å². The van der Waals surface area contributed by atoms with Crippen molar-refractivity contribution >= 4 is 23.1 Å². The molecule has 0 heterocycles. The average Bonchev–Trinajstić information content (AvgIpc) is 2.42. The van der Waals surface area contributed by atoms with Crippen LogP contribution in [-0.2, 0) is 5.41 Å². The van der Waals surface area contributed by atoms with Gasteiger partial charge in [-0.25, -0.2) is 4.79 Å². The Morgan fingerprint density at radius 2 is 1.64 bits per heavy atom. The lowest BCUT2D eigenvalue weighted by atomic mass is 9.87. The summed E-state index contributed by atoms with van der Waals surface area (Å²) in [5, 5.41) is 5.58. The van der Waals surface area contributed by atoms with Gasteiger partial charge in [0.25, 0.3) is 0 Å². The van der Waals surface area contributed by atoms with Crippen LogP contribution in [0.25, 0.3) is 0 Å². The zero-order valence-corrected chi connectivity index (χ0v) is 13.5. The number of hydrogen-bond acceptors (Lipinski definition) is 2. The van der Waals surface area contributed by atoms with E-state index in [4.69, 9.17) is 5.73 Å². The highest BCUT2D eigenvalue weighted by Gasteiger charge is 2.13.